The van der Waals surface area contributed by atoms with Crippen LogP contribution < -0.4 is 5.32 Å². The van der Waals surface area contributed by atoms with Gasteiger partial charge < -0.3 is 10.4 Å². The highest BCUT2D eigenvalue weighted by Gasteiger charge is 2.17. The fourth-order valence-corrected chi connectivity index (χ4v) is 1.83. The highest BCUT2D eigenvalue weighted by molar-refractivity contribution is 5.94. The van der Waals surface area contributed by atoms with Gasteiger partial charge in [-0.15, -0.1) is 0 Å². The van der Waals surface area contributed by atoms with E-state index < -0.39 is 25.0 Å². The van der Waals surface area contributed by atoms with Crippen LogP contribution in [-0.2, 0) is 0 Å². The van der Waals surface area contributed by atoms with Crippen LogP contribution in [0.4, 0.5) is 8.78 Å². The molecule has 0 spiro atoms. The van der Waals surface area contributed by atoms with Crippen LogP contribution in [0.2, 0.25) is 0 Å². The van der Waals surface area contributed by atoms with E-state index in [1.54, 1.807) is 24.3 Å². The van der Waals surface area contributed by atoms with E-state index in [4.69, 9.17) is 5.11 Å². The molecule has 0 aromatic heterocycles. The quantitative estimate of drug-likeness (QED) is 0.890. The molecule has 0 bridgehead atoms. The molecule has 2 aromatic rings. The maximum Gasteiger partial charge on any atom is 0.265 e. The van der Waals surface area contributed by atoms with Gasteiger partial charge in [0.1, 0.15) is 6.10 Å². The smallest absolute Gasteiger partial charge is 0.265 e. The van der Waals surface area contributed by atoms with E-state index in [0.29, 0.717) is 5.56 Å². The molecule has 0 aliphatic rings. The average molecular weight is 291 g/mol. The maximum absolute atomic E-state index is 12.1. The Morgan fingerprint density at radius 2 is 1.57 bits per heavy atom. The van der Waals surface area contributed by atoms with Crippen molar-refractivity contribution < 1.29 is 18.7 Å². The molecule has 110 valence electrons. The fraction of sp³-hybridized carbons (Fsp3) is 0.188. The summed E-state index contributed by atoms with van der Waals surface area (Å²) < 4.78 is 24.2. The van der Waals surface area contributed by atoms with Crippen molar-refractivity contribution in [2.45, 2.75) is 12.5 Å². The maximum atomic E-state index is 12.1. The third kappa shape index (κ3) is 4.10. The van der Waals surface area contributed by atoms with Crippen molar-refractivity contribution in [3.63, 3.8) is 0 Å². The summed E-state index contributed by atoms with van der Waals surface area (Å²) in [6.07, 6.45) is -4.72. The van der Waals surface area contributed by atoms with Gasteiger partial charge in [0, 0.05) is 12.1 Å². The lowest BCUT2D eigenvalue weighted by molar-refractivity contribution is -0.00270. The first-order chi connectivity index (χ1) is 10.1. The van der Waals surface area contributed by atoms with E-state index in [1.165, 1.54) is 0 Å². The van der Waals surface area contributed by atoms with Crippen molar-refractivity contribution >= 4 is 5.91 Å². The Labute approximate surface area is 121 Å². The van der Waals surface area contributed by atoms with Gasteiger partial charge in [0.2, 0.25) is 0 Å². The summed E-state index contributed by atoms with van der Waals surface area (Å²) in [4.78, 5) is 11.8. The summed E-state index contributed by atoms with van der Waals surface area (Å²) in [5, 5.41) is 11.2. The highest BCUT2D eigenvalue weighted by atomic mass is 19.3. The molecule has 0 radical (unpaired) electrons. The zero-order chi connectivity index (χ0) is 15.2. The van der Waals surface area contributed by atoms with Crippen molar-refractivity contribution in [2.24, 2.45) is 0 Å². The summed E-state index contributed by atoms with van der Waals surface area (Å²) in [5.74, 6) is -0.491. The number of rotatable bonds is 5. The van der Waals surface area contributed by atoms with Crippen molar-refractivity contribution in [3.05, 3.63) is 60.2 Å². The Morgan fingerprint density at radius 1 is 1.00 bits per heavy atom. The number of carbonyl (C=O) groups excluding carboxylic acids is 1. The molecule has 2 aromatic carbocycles. The van der Waals surface area contributed by atoms with Gasteiger partial charge in [-0.3, -0.25) is 4.79 Å². The van der Waals surface area contributed by atoms with Crippen molar-refractivity contribution in [1.29, 1.82) is 0 Å². The average Bonchev–Trinajstić information content (AvgIpc) is 2.53. The second-order valence-electron chi connectivity index (χ2n) is 4.56. The lowest BCUT2D eigenvalue weighted by Gasteiger charge is -2.11. The molecule has 2 rings (SSSR count). The third-order valence-corrected chi connectivity index (χ3v) is 3.02. The van der Waals surface area contributed by atoms with Crippen LogP contribution in [0.1, 0.15) is 10.4 Å². The van der Waals surface area contributed by atoms with Gasteiger partial charge in [0.25, 0.3) is 12.3 Å². The number of halogens is 2. The Bertz CT molecular complexity index is 585. The van der Waals surface area contributed by atoms with Gasteiger partial charge in [-0.1, -0.05) is 42.5 Å². The Balaban J connectivity index is 2.00. The Hall–Kier alpha value is -2.27. The molecule has 1 atom stereocenters. The zero-order valence-electron chi connectivity index (χ0n) is 11.2. The first-order valence-corrected chi connectivity index (χ1v) is 6.48. The lowest BCUT2D eigenvalue weighted by Crippen LogP contribution is -2.35. The number of nitrogens with one attached hydrogen (secondary N) is 1. The molecule has 0 aliphatic carbocycles. The van der Waals surface area contributed by atoms with Gasteiger partial charge in [-0.25, -0.2) is 8.78 Å². The molecule has 1 amide bonds. The van der Waals surface area contributed by atoms with Gasteiger partial charge >= 0.3 is 0 Å². The zero-order valence-corrected chi connectivity index (χ0v) is 11.2. The van der Waals surface area contributed by atoms with Crippen LogP contribution in [0.5, 0.6) is 0 Å². The summed E-state index contributed by atoms with van der Waals surface area (Å²) >= 11 is 0. The molecular weight excluding hydrogens is 276 g/mol. The van der Waals surface area contributed by atoms with Crippen LogP contribution >= 0.6 is 0 Å². The number of benzene rings is 2. The highest BCUT2D eigenvalue weighted by Crippen LogP contribution is 2.19. The molecule has 21 heavy (non-hydrogen) atoms. The second kappa shape index (κ2) is 6.95. The van der Waals surface area contributed by atoms with E-state index in [1.807, 2.05) is 30.3 Å². The van der Waals surface area contributed by atoms with E-state index in [2.05, 4.69) is 5.32 Å². The van der Waals surface area contributed by atoms with Crippen molar-refractivity contribution in [2.75, 3.05) is 6.54 Å². The minimum atomic E-state index is -2.87. The molecule has 0 heterocycles. The van der Waals surface area contributed by atoms with E-state index in [0.717, 1.165) is 11.1 Å². The number of hydrogen-bond donors (Lipinski definition) is 2. The minimum Gasteiger partial charge on any atom is -0.385 e. The second-order valence-corrected chi connectivity index (χ2v) is 4.56. The Kier molecular flexibility index (Phi) is 5.00. The summed E-state index contributed by atoms with van der Waals surface area (Å²) in [6, 6.07) is 16.5. The number of aliphatic hydroxyl groups is 1. The number of alkyl halides is 2. The molecule has 5 heteroatoms. The van der Waals surface area contributed by atoms with Gasteiger partial charge in [-0.05, 0) is 23.3 Å². The molecule has 3 nitrogen and oxygen atoms in total. The molecule has 0 saturated heterocycles. The van der Waals surface area contributed by atoms with Crippen LogP contribution in [0.15, 0.2) is 54.6 Å². The number of amides is 1. The summed E-state index contributed by atoms with van der Waals surface area (Å²) in [5.41, 5.74) is 2.34. The molecular formula is C16H15F2NO2. The monoisotopic (exact) mass is 291 g/mol. The van der Waals surface area contributed by atoms with E-state index in [9.17, 15) is 13.6 Å². The molecule has 0 fully saturated rings. The van der Waals surface area contributed by atoms with Crippen LogP contribution in [0.3, 0.4) is 0 Å². The summed E-state index contributed by atoms with van der Waals surface area (Å²) in [6.45, 7) is -0.475. The van der Waals surface area contributed by atoms with Crippen LogP contribution in [0, 0.1) is 0 Å². The Morgan fingerprint density at radius 3 is 2.14 bits per heavy atom. The topological polar surface area (TPSA) is 49.3 Å². The number of hydrogen-bond acceptors (Lipinski definition) is 2. The third-order valence-electron chi connectivity index (χ3n) is 3.02. The lowest BCUT2D eigenvalue weighted by atomic mass is 10.0. The van der Waals surface area contributed by atoms with Gasteiger partial charge in [-0.2, -0.15) is 0 Å². The first kappa shape index (κ1) is 15.1. The molecule has 0 aliphatic heterocycles. The van der Waals surface area contributed by atoms with Crippen molar-refractivity contribution in [3.8, 4) is 11.1 Å². The number of aliphatic hydroxyl groups excluding tert-OH is 1. The van der Waals surface area contributed by atoms with Crippen LogP contribution in [0.25, 0.3) is 11.1 Å². The predicted molar refractivity (Wildman–Crippen MR) is 76.2 cm³/mol. The standard InChI is InChI=1S/C16H15F2NO2/c17-15(18)14(20)10-19-16(21)13-8-6-12(7-9-13)11-4-2-1-3-5-11/h1-9,14-15,20H,10H2,(H,19,21). The summed E-state index contributed by atoms with van der Waals surface area (Å²) in [7, 11) is 0. The first-order valence-electron chi connectivity index (χ1n) is 6.48. The number of carbonyl (C=O) groups is 1. The van der Waals surface area contributed by atoms with Crippen molar-refractivity contribution in [1.82, 2.24) is 5.32 Å². The minimum absolute atomic E-state index is 0.358. The molecule has 1 unspecified atom stereocenters. The largest absolute Gasteiger partial charge is 0.385 e. The molecule has 2 N–H and O–H groups in total. The van der Waals surface area contributed by atoms with Gasteiger partial charge in [0.05, 0.1) is 0 Å². The predicted octanol–water partition coefficient (Wildman–Crippen LogP) is 2.71. The fourth-order valence-electron chi connectivity index (χ4n) is 1.83. The molecule has 0 saturated carbocycles. The van der Waals surface area contributed by atoms with Crippen LogP contribution in [-0.4, -0.2) is 30.1 Å². The van der Waals surface area contributed by atoms with E-state index in [-0.39, 0.29) is 0 Å². The van der Waals surface area contributed by atoms with Gasteiger partial charge in [0.15, 0.2) is 0 Å². The normalized spacial score (nSPS) is 12.2. The SMILES string of the molecule is O=C(NCC(O)C(F)F)c1ccc(-c2ccccc2)cc1. The van der Waals surface area contributed by atoms with E-state index >= 15 is 0 Å².